The maximum Gasteiger partial charge on any atom is 0.0103 e. The van der Waals surface area contributed by atoms with Gasteiger partial charge in [0.2, 0.25) is 0 Å². The van der Waals surface area contributed by atoms with Gasteiger partial charge in [-0.05, 0) is 36.3 Å². The Bertz CT molecular complexity index is 266. The molecule has 3 N–H and O–H groups in total. The van der Waals surface area contributed by atoms with Crippen molar-refractivity contribution in [2.24, 2.45) is 5.84 Å². The van der Waals surface area contributed by atoms with E-state index in [1.54, 1.807) is 0 Å². The SMILES string of the molecule is CCc1ccc([C@@H](CC)CCNN)cc1. The fourth-order valence-electron chi connectivity index (χ4n) is 1.89. The molecule has 0 spiro atoms. The molecule has 2 heteroatoms. The summed E-state index contributed by atoms with van der Waals surface area (Å²) in [6.45, 7) is 5.30. The molecule has 84 valence electrons. The normalized spacial score (nSPS) is 12.7. The Morgan fingerprint density at radius 2 is 1.87 bits per heavy atom. The van der Waals surface area contributed by atoms with E-state index in [1.807, 2.05) is 0 Å². The minimum absolute atomic E-state index is 0.631. The van der Waals surface area contributed by atoms with Gasteiger partial charge in [0, 0.05) is 6.54 Å². The van der Waals surface area contributed by atoms with E-state index >= 15 is 0 Å². The van der Waals surface area contributed by atoms with Gasteiger partial charge >= 0.3 is 0 Å². The number of nitrogens with one attached hydrogen (secondary N) is 1. The van der Waals surface area contributed by atoms with Crippen LogP contribution in [0.1, 0.15) is 43.7 Å². The minimum Gasteiger partial charge on any atom is -0.271 e. The van der Waals surface area contributed by atoms with Gasteiger partial charge in [-0.3, -0.25) is 11.3 Å². The van der Waals surface area contributed by atoms with Crippen molar-refractivity contribution in [3.05, 3.63) is 35.4 Å². The highest BCUT2D eigenvalue weighted by atomic mass is 15.2. The highest BCUT2D eigenvalue weighted by Gasteiger charge is 2.08. The second kappa shape index (κ2) is 6.59. The van der Waals surface area contributed by atoms with Crippen molar-refractivity contribution in [1.82, 2.24) is 5.43 Å². The predicted molar refractivity (Wildman–Crippen MR) is 65.7 cm³/mol. The minimum atomic E-state index is 0.631. The van der Waals surface area contributed by atoms with E-state index in [9.17, 15) is 0 Å². The third kappa shape index (κ3) is 3.65. The summed E-state index contributed by atoms with van der Waals surface area (Å²) in [4.78, 5) is 0. The van der Waals surface area contributed by atoms with Crippen LogP contribution < -0.4 is 11.3 Å². The average Bonchev–Trinajstić information content (AvgIpc) is 2.31. The van der Waals surface area contributed by atoms with Crippen molar-refractivity contribution in [2.45, 2.75) is 39.0 Å². The fourth-order valence-corrected chi connectivity index (χ4v) is 1.89. The molecule has 2 nitrogen and oxygen atoms in total. The van der Waals surface area contributed by atoms with Gasteiger partial charge in [-0.1, -0.05) is 38.1 Å². The van der Waals surface area contributed by atoms with Crippen LogP contribution in [-0.4, -0.2) is 6.54 Å². The smallest absolute Gasteiger partial charge is 0.0103 e. The van der Waals surface area contributed by atoms with Gasteiger partial charge in [-0.15, -0.1) is 0 Å². The molecular weight excluding hydrogens is 184 g/mol. The van der Waals surface area contributed by atoms with E-state index in [1.165, 1.54) is 17.5 Å². The largest absolute Gasteiger partial charge is 0.271 e. The van der Waals surface area contributed by atoms with Gasteiger partial charge in [-0.2, -0.15) is 0 Å². The molecule has 0 aliphatic heterocycles. The highest BCUT2D eigenvalue weighted by Crippen LogP contribution is 2.23. The molecule has 0 saturated carbocycles. The van der Waals surface area contributed by atoms with Gasteiger partial charge in [0.1, 0.15) is 0 Å². The van der Waals surface area contributed by atoms with Crippen LogP contribution in [-0.2, 0) is 6.42 Å². The Balaban J connectivity index is 2.65. The van der Waals surface area contributed by atoms with Crippen LogP contribution in [0, 0.1) is 0 Å². The second-order valence-corrected chi connectivity index (χ2v) is 3.94. The van der Waals surface area contributed by atoms with Crippen LogP contribution in [0.3, 0.4) is 0 Å². The number of rotatable bonds is 6. The molecule has 1 rings (SSSR count). The average molecular weight is 206 g/mol. The molecule has 1 atom stereocenters. The first-order chi connectivity index (χ1) is 7.31. The zero-order chi connectivity index (χ0) is 11.1. The summed E-state index contributed by atoms with van der Waals surface area (Å²) in [5.74, 6) is 5.94. The zero-order valence-electron chi connectivity index (χ0n) is 9.79. The number of hydrogen-bond acceptors (Lipinski definition) is 2. The molecule has 0 bridgehead atoms. The van der Waals surface area contributed by atoms with Crippen molar-refractivity contribution < 1.29 is 0 Å². The summed E-state index contributed by atoms with van der Waals surface area (Å²) >= 11 is 0. The van der Waals surface area contributed by atoms with Crippen LogP contribution in [0.15, 0.2) is 24.3 Å². The molecule has 0 aliphatic rings. The van der Waals surface area contributed by atoms with Gasteiger partial charge in [0.05, 0.1) is 0 Å². The molecule has 1 aromatic carbocycles. The van der Waals surface area contributed by atoms with Crippen LogP contribution in [0.2, 0.25) is 0 Å². The van der Waals surface area contributed by atoms with Gasteiger partial charge in [-0.25, -0.2) is 0 Å². The monoisotopic (exact) mass is 206 g/mol. The summed E-state index contributed by atoms with van der Waals surface area (Å²) in [7, 11) is 0. The van der Waals surface area contributed by atoms with Crippen molar-refractivity contribution >= 4 is 0 Å². The van der Waals surface area contributed by atoms with Crippen molar-refractivity contribution in [1.29, 1.82) is 0 Å². The van der Waals surface area contributed by atoms with Crippen molar-refractivity contribution in [3.8, 4) is 0 Å². The molecule has 0 unspecified atom stereocenters. The summed E-state index contributed by atoms with van der Waals surface area (Å²) in [6, 6.07) is 8.97. The van der Waals surface area contributed by atoms with Gasteiger partial charge in [0.15, 0.2) is 0 Å². The van der Waals surface area contributed by atoms with E-state index in [2.05, 4.69) is 43.5 Å². The van der Waals surface area contributed by atoms with Crippen LogP contribution in [0.5, 0.6) is 0 Å². The molecule has 15 heavy (non-hydrogen) atoms. The summed E-state index contributed by atoms with van der Waals surface area (Å²) in [6.07, 6.45) is 3.40. The topological polar surface area (TPSA) is 38.0 Å². The Morgan fingerprint density at radius 3 is 2.33 bits per heavy atom. The lowest BCUT2D eigenvalue weighted by Gasteiger charge is -2.15. The third-order valence-electron chi connectivity index (χ3n) is 2.99. The van der Waals surface area contributed by atoms with Gasteiger partial charge in [0.25, 0.3) is 0 Å². The molecule has 0 heterocycles. The quantitative estimate of drug-likeness (QED) is 0.554. The highest BCUT2D eigenvalue weighted by molar-refractivity contribution is 5.25. The summed E-state index contributed by atoms with van der Waals surface area (Å²) in [5.41, 5.74) is 5.57. The first kappa shape index (κ1) is 12.2. The lowest BCUT2D eigenvalue weighted by atomic mass is 9.92. The van der Waals surface area contributed by atoms with Crippen molar-refractivity contribution in [2.75, 3.05) is 6.54 Å². The maximum atomic E-state index is 5.31. The van der Waals surface area contributed by atoms with Crippen LogP contribution in [0.25, 0.3) is 0 Å². The van der Waals surface area contributed by atoms with Crippen LogP contribution >= 0.6 is 0 Å². The molecule has 0 radical (unpaired) electrons. The molecule has 1 aromatic rings. The lowest BCUT2D eigenvalue weighted by molar-refractivity contribution is 0.565. The molecule has 0 saturated heterocycles. The van der Waals surface area contributed by atoms with E-state index in [-0.39, 0.29) is 0 Å². The maximum absolute atomic E-state index is 5.31. The Hall–Kier alpha value is -0.860. The Labute approximate surface area is 92.8 Å². The number of nitrogens with two attached hydrogens (primary N) is 1. The first-order valence-electron chi connectivity index (χ1n) is 5.84. The molecule has 0 aromatic heterocycles. The fraction of sp³-hybridized carbons (Fsp3) is 0.538. The summed E-state index contributed by atoms with van der Waals surface area (Å²) < 4.78 is 0. The standard InChI is InChI=1S/C13H22N2/c1-3-11-5-7-13(8-6-11)12(4-2)9-10-15-14/h5-8,12,15H,3-4,9-10,14H2,1-2H3/t12-/m0/s1. The molecule has 0 aliphatic carbocycles. The van der Waals surface area contributed by atoms with E-state index in [0.29, 0.717) is 5.92 Å². The third-order valence-corrected chi connectivity index (χ3v) is 2.99. The molecular formula is C13H22N2. The Kier molecular flexibility index (Phi) is 5.37. The Morgan fingerprint density at radius 1 is 1.20 bits per heavy atom. The molecule has 0 fully saturated rings. The number of hydrogen-bond donors (Lipinski definition) is 2. The van der Waals surface area contributed by atoms with Crippen LogP contribution in [0.4, 0.5) is 0 Å². The van der Waals surface area contributed by atoms with E-state index in [4.69, 9.17) is 5.84 Å². The van der Waals surface area contributed by atoms with E-state index in [0.717, 1.165) is 19.4 Å². The second-order valence-electron chi connectivity index (χ2n) is 3.94. The molecule has 0 amide bonds. The zero-order valence-corrected chi connectivity index (χ0v) is 9.79. The predicted octanol–water partition coefficient (Wildman–Crippen LogP) is 2.60. The van der Waals surface area contributed by atoms with Gasteiger partial charge < -0.3 is 0 Å². The number of aryl methyl sites for hydroxylation is 1. The first-order valence-corrected chi connectivity index (χ1v) is 5.84. The van der Waals surface area contributed by atoms with E-state index < -0.39 is 0 Å². The lowest BCUT2D eigenvalue weighted by Crippen LogP contribution is -2.24. The van der Waals surface area contributed by atoms with Crippen molar-refractivity contribution in [3.63, 3.8) is 0 Å². The summed E-state index contributed by atoms with van der Waals surface area (Å²) in [5, 5.41) is 0. The number of benzene rings is 1. The number of hydrazine groups is 1.